The van der Waals surface area contributed by atoms with Gasteiger partial charge in [0, 0.05) is 24.6 Å². The van der Waals surface area contributed by atoms with Gasteiger partial charge in [-0.25, -0.2) is 9.97 Å². The molecule has 1 aromatic carbocycles. The van der Waals surface area contributed by atoms with Gasteiger partial charge >= 0.3 is 5.97 Å². The van der Waals surface area contributed by atoms with Crippen molar-refractivity contribution in [3.8, 4) is 17.1 Å². The molecule has 1 aromatic heterocycles. The Morgan fingerprint density at radius 3 is 2.32 bits per heavy atom. The molecule has 2 rings (SSSR count). The quantitative estimate of drug-likeness (QED) is 0.285. The molecule has 2 aromatic rings. The van der Waals surface area contributed by atoms with Crippen LogP contribution in [0.15, 0.2) is 36.7 Å². The Morgan fingerprint density at radius 1 is 1.00 bits per heavy atom. The minimum Gasteiger partial charge on any atom is -0.426 e. The van der Waals surface area contributed by atoms with E-state index >= 15 is 0 Å². The zero-order chi connectivity index (χ0) is 20.2. The molecule has 5 nitrogen and oxygen atoms in total. The van der Waals surface area contributed by atoms with Crippen LogP contribution in [0.3, 0.4) is 0 Å². The van der Waals surface area contributed by atoms with Crippen LogP contribution in [0, 0.1) is 5.92 Å². The van der Waals surface area contributed by atoms with E-state index in [1.165, 1.54) is 19.3 Å². The van der Waals surface area contributed by atoms with Crippen molar-refractivity contribution < 1.29 is 14.3 Å². The molecule has 1 unspecified atom stereocenters. The molecule has 0 aliphatic heterocycles. The van der Waals surface area contributed by atoms with Gasteiger partial charge in [0.25, 0.3) is 0 Å². The number of carbonyl (C=O) groups excluding carboxylic acids is 1. The monoisotopic (exact) mass is 384 g/mol. The highest BCUT2D eigenvalue weighted by Gasteiger charge is 2.15. The summed E-state index contributed by atoms with van der Waals surface area (Å²) in [4.78, 5) is 21.1. The molecule has 0 N–H and O–H groups in total. The third kappa shape index (κ3) is 7.39. The molecule has 0 saturated carbocycles. The first-order valence-corrected chi connectivity index (χ1v) is 10.3. The SMILES string of the molecule is CCCCCc1cnc(-c2ccc(OC(=O)C(C)COCCCC)cc2)nc1. The maximum absolute atomic E-state index is 12.1. The molecule has 152 valence electrons. The van der Waals surface area contributed by atoms with Gasteiger partial charge in [-0.05, 0) is 56.0 Å². The zero-order valence-electron chi connectivity index (χ0n) is 17.3. The molecule has 0 spiro atoms. The highest BCUT2D eigenvalue weighted by Crippen LogP contribution is 2.20. The molecule has 1 atom stereocenters. The molecule has 0 aliphatic carbocycles. The topological polar surface area (TPSA) is 61.3 Å². The second-order valence-electron chi connectivity index (χ2n) is 7.15. The molecular formula is C23H32N2O3. The van der Waals surface area contributed by atoms with Gasteiger partial charge in [0.15, 0.2) is 5.82 Å². The summed E-state index contributed by atoms with van der Waals surface area (Å²) in [6.45, 7) is 7.19. The number of hydrogen-bond donors (Lipinski definition) is 0. The van der Waals surface area contributed by atoms with Crippen molar-refractivity contribution in [3.05, 3.63) is 42.2 Å². The fourth-order valence-corrected chi connectivity index (χ4v) is 2.68. The number of aryl methyl sites for hydroxylation is 1. The lowest BCUT2D eigenvalue weighted by Gasteiger charge is -2.12. The molecule has 1 heterocycles. The predicted octanol–water partition coefficient (Wildman–Crippen LogP) is 5.23. The molecule has 0 aliphatic rings. The number of unbranched alkanes of at least 4 members (excludes halogenated alkanes) is 3. The van der Waals surface area contributed by atoms with Crippen LogP contribution < -0.4 is 4.74 Å². The Balaban J connectivity index is 1.86. The Bertz CT molecular complexity index is 699. The van der Waals surface area contributed by atoms with E-state index in [-0.39, 0.29) is 11.9 Å². The van der Waals surface area contributed by atoms with Gasteiger partial charge < -0.3 is 9.47 Å². The Hall–Kier alpha value is -2.27. The first-order chi connectivity index (χ1) is 13.6. The van der Waals surface area contributed by atoms with E-state index in [0.717, 1.165) is 30.4 Å². The molecule has 0 amide bonds. The maximum Gasteiger partial charge on any atom is 0.316 e. The van der Waals surface area contributed by atoms with E-state index in [1.54, 1.807) is 12.1 Å². The molecule has 0 fully saturated rings. The van der Waals surface area contributed by atoms with Crippen molar-refractivity contribution in [1.29, 1.82) is 0 Å². The standard InChI is InChI=1S/C23H32N2O3/c1-4-6-8-9-19-15-24-22(25-16-19)20-10-12-21(13-11-20)28-23(26)18(3)17-27-14-7-5-2/h10-13,15-16,18H,4-9,14,17H2,1-3H3. The molecule has 28 heavy (non-hydrogen) atoms. The zero-order valence-corrected chi connectivity index (χ0v) is 17.3. The van der Waals surface area contributed by atoms with Gasteiger partial charge in [-0.15, -0.1) is 0 Å². The summed E-state index contributed by atoms with van der Waals surface area (Å²) in [7, 11) is 0. The van der Waals surface area contributed by atoms with E-state index in [9.17, 15) is 4.79 Å². The Morgan fingerprint density at radius 2 is 1.68 bits per heavy atom. The normalized spacial score (nSPS) is 12.0. The fourth-order valence-electron chi connectivity index (χ4n) is 2.68. The lowest BCUT2D eigenvalue weighted by atomic mass is 10.1. The summed E-state index contributed by atoms with van der Waals surface area (Å²) in [6.07, 6.45) is 10.5. The van der Waals surface area contributed by atoms with E-state index in [2.05, 4.69) is 23.8 Å². The summed E-state index contributed by atoms with van der Waals surface area (Å²) in [6, 6.07) is 7.29. The number of aromatic nitrogens is 2. The summed E-state index contributed by atoms with van der Waals surface area (Å²) in [5, 5.41) is 0. The van der Waals surface area contributed by atoms with Crippen LogP contribution in [0.5, 0.6) is 5.75 Å². The number of rotatable bonds is 12. The average molecular weight is 385 g/mol. The largest absolute Gasteiger partial charge is 0.426 e. The van der Waals surface area contributed by atoms with Crippen molar-refractivity contribution in [2.75, 3.05) is 13.2 Å². The minimum absolute atomic E-state index is 0.281. The van der Waals surface area contributed by atoms with E-state index in [4.69, 9.17) is 9.47 Å². The molecule has 0 bridgehead atoms. The lowest BCUT2D eigenvalue weighted by molar-refractivity contribution is -0.140. The summed E-state index contributed by atoms with van der Waals surface area (Å²) >= 11 is 0. The highest BCUT2D eigenvalue weighted by molar-refractivity contribution is 5.75. The fraction of sp³-hybridized carbons (Fsp3) is 0.522. The van der Waals surface area contributed by atoms with Crippen LogP contribution in [-0.4, -0.2) is 29.2 Å². The molecule has 5 heteroatoms. The minimum atomic E-state index is -0.292. The number of esters is 1. The van der Waals surface area contributed by atoms with Crippen LogP contribution in [0.1, 0.15) is 58.4 Å². The molecular weight excluding hydrogens is 352 g/mol. The summed E-state index contributed by atoms with van der Waals surface area (Å²) < 4.78 is 10.9. The van der Waals surface area contributed by atoms with Crippen molar-refractivity contribution in [1.82, 2.24) is 9.97 Å². The van der Waals surface area contributed by atoms with Gasteiger partial charge in [-0.1, -0.05) is 33.1 Å². The highest BCUT2D eigenvalue weighted by atomic mass is 16.5. The Kier molecular flexibility index (Phi) is 9.63. The van der Waals surface area contributed by atoms with Crippen LogP contribution in [0.25, 0.3) is 11.4 Å². The van der Waals surface area contributed by atoms with Crippen LogP contribution in [0.4, 0.5) is 0 Å². The molecule has 0 radical (unpaired) electrons. The van der Waals surface area contributed by atoms with Gasteiger partial charge in [0.05, 0.1) is 12.5 Å². The number of hydrogen-bond acceptors (Lipinski definition) is 5. The van der Waals surface area contributed by atoms with Crippen LogP contribution >= 0.6 is 0 Å². The van der Waals surface area contributed by atoms with Crippen molar-refractivity contribution in [2.45, 2.75) is 59.3 Å². The van der Waals surface area contributed by atoms with Gasteiger partial charge in [-0.3, -0.25) is 4.79 Å². The number of ether oxygens (including phenoxy) is 2. The number of carbonyl (C=O) groups is 1. The summed E-state index contributed by atoms with van der Waals surface area (Å²) in [5.41, 5.74) is 2.06. The van der Waals surface area contributed by atoms with Crippen LogP contribution in [0.2, 0.25) is 0 Å². The average Bonchev–Trinajstić information content (AvgIpc) is 2.72. The second-order valence-corrected chi connectivity index (χ2v) is 7.15. The maximum atomic E-state index is 12.1. The Labute approximate surface area is 168 Å². The second kappa shape index (κ2) is 12.2. The summed E-state index contributed by atoms with van der Waals surface area (Å²) in [5.74, 6) is 0.622. The number of nitrogens with zero attached hydrogens (tertiary/aromatic N) is 2. The van der Waals surface area contributed by atoms with Crippen molar-refractivity contribution in [2.24, 2.45) is 5.92 Å². The van der Waals surface area contributed by atoms with E-state index < -0.39 is 0 Å². The third-order valence-corrected chi connectivity index (χ3v) is 4.52. The van der Waals surface area contributed by atoms with E-state index in [0.29, 0.717) is 24.8 Å². The smallest absolute Gasteiger partial charge is 0.316 e. The van der Waals surface area contributed by atoms with Gasteiger partial charge in [0.1, 0.15) is 5.75 Å². The predicted molar refractivity (Wildman–Crippen MR) is 111 cm³/mol. The lowest BCUT2D eigenvalue weighted by Crippen LogP contribution is -2.22. The third-order valence-electron chi connectivity index (χ3n) is 4.52. The number of benzene rings is 1. The first kappa shape index (κ1) is 22.0. The molecule has 0 saturated heterocycles. The van der Waals surface area contributed by atoms with Crippen molar-refractivity contribution in [3.63, 3.8) is 0 Å². The van der Waals surface area contributed by atoms with Crippen molar-refractivity contribution >= 4 is 5.97 Å². The van der Waals surface area contributed by atoms with E-state index in [1.807, 2.05) is 31.5 Å². The van der Waals surface area contributed by atoms with Crippen LogP contribution in [-0.2, 0) is 16.0 Å². The van der Waals surface area contributed by atoms with Gasteiger partial charge in [0.2, 0.25) is 0 Å². The van der Waals surface area contributed by atoms with Gasteiger partial charge in [-0.2, -0.15) is 0 Å². The first-order valence-electron chi connectivity index (χ1n) is 10.3.